The Hall–Kier alpha value is -2.24. The molecular weight excluding hydrogens is 274 g/mol. The fraction of sp³-hybridized carbons (Fsp3) is 0.333. The van der Waals surface area contributed by atoms with Crippen LogP contribution in [0.2, 0.25) is 0 Å². The zero-order chi connectivity index (χ0) is 15.0. The van der Waals surface area contributed by atoms with Crippen molar-refractivity contribution in [2.24, 2.45) is 0 Å². The van der Waals surface area contributed by atoms with Crippen LogP contribution in [0.15, 0.2) is 24.4 Å². The van der Waals surface area contributed by atoms with Gasteiger partial charge in [0, 0.05) is 39.4 Å². The maximum absolute atomic E-state index is 13.7. The first kappa shape index (κ1) is 13.7. The van der Waals surface area contributed by atoms with Crippen LogP contribution in [-0.4, -0.2) is 30.6 Å². The van der Waals surface area contributed by atoms with Crippen molar-refractivity contribution in [2.75, 3.05) is 30.4 Å². The van der Waals surface area contributed by atoms with Crippen molar-refractivity contribution < 1.29 is 8.78 Å². The minimum Gasteiger partial charge on any atom is -0.363 e. The normalized spacial score (nSPS) is 14.0. The molecule has 0 amide bonds. The molecule has 21 heavy (non-hydrogen) atoms. The van der Waals surface area contributed by atoms with Crippen molar-refractivity contribution in [1.29, 1.82) is 0 Å². The minimum absolute atomic E-state index is 0.418. The average molecular weight is 290 g/mol. The quantitative estimate of drug-likeness (QED) is 0.850. The second-order valence-corrected chi connectivity index (χ2v) is 5.31. The van der Waals surface area contributed by atoms with Gasteiger partial charge in [-0.3, -0.25) is 0 Å². The molecular formula is C15H16F2N4. The number of aromatic nitrogens is 2. The summed E-state index contributed by atoms with van der Waals surface area (Å²) in [4.78, 5) is 12.6. The van der Waals surface area contributed by atoms with E-state index in [4.69, 9.17) is 0 Å². The van der Waals surface area contributed by atoms with Crippen molar-refractivity contribution in [3.8, 4) is 0 Å². The second kappa shape index (κ2) is 5.27. The van der Waals surface area contributed by atoms with Crippen LogP contribution in [0.3, 0.4) is 0 Å². The van der Waals surface area contributed by atoms with Crippen LogP contribution in [0.5, 0.6) is 0 Å². The Morgan fingerprint density at radius 1 is 1.24 bits per heavy atom. The lowest BCUT2D eigenvalue weighted by Gasteiger charge is -2.29. The number of rotatable bonds is 2. The monoisotopic (exact) mass is 290 g/mol. The molecule has 0 saturated carbocycles. The molecule has 1 aromatic heterocycles. The van der Waals surface area contributed by atoms with Gasteiger partial charge in [0.2, 0.25) is 5.95 Å². The molecule has 0 N–H and O–H groups in total. The number of hydrogen-bond acceptors (Lipinski definition) is 4. The topological polar surface area (TPSA) is 32.3 Å². The Morgan fingerprint density at radius 3 is 2.81 bits per heavy atom. The van der Waals surface area contributed by atoms with Crippen LogP contribution in [0, 0.1) is 11.6 Å². The van der Waals surface area contributed by atoms with E-state index in [9.17, 15) is 8.78 Å². The highest BCUT2D eigenvalue weighted by Crippen LogP contribution is 2.25. The molecule has 0 bridgehead atoms. The molecule has 0 aliphatic carbocycles. The highest BCUT2D eigenvalue weighted by Gasteiger charge is 2.22. The SMILES string of the molecule is CN(C)c1ccnc(N2CCc3c(F)cc(F)cc3C2)n1. The summed E-state index contributed by atoms with van der Waals surface area (Å²) in [5.74, 6) is 0.372. The van der Waals surface area contributed by atoms with Gasteiger partial charge in [0.15, 0.2) is 0 Å². The highest BCUT2D eigenvalue weighted by atomic mass is 19.1. The van der Waals surface area contributed by atoms with Gasteiger partial charge in [-0.2, -0.15) is 4.98 Å². The van der Waals surface area contributed by atoms with Crippen molar-refractivity contribution >= 4 is 11.8 Å². The van der Waals surface area contributed by atoms with Gasteiger partial charge < -0.3 is 9.80 Å². The lowest BCUT2D eigenvalue weighted by Crippen LogP contribution is -2.32. The van der Waals surface area contributed by atoms with Crippen LogP contribution < -0.4 is 9.80 Å². The molecule has 0 atom stereocenters. The van der Waals surface area contributed by atoms with E-state index < -0.39 is 11.6 Å². The van der Waals surface area contributed by atoms with Crippen LogP contribution >= 0.6 is 0 Å². The molecule has 1 aliphatic rings. The molecule has 2 aromatic rings. The summed E-state index contributed by atoms with van der Waals surface area (Å²) >= 11 is 0. The summed E-state index contributed by atoms with van der Waals surface area (Å²) in [7, 11) is 3.81. The summed E-state index contributed by atoms with van der Waals surface area (Å²) in [6.07, 6.45) is 2.22. The van der Waals surface area contributed by atoms with Gasteiger partial charge in [0.05, 0.1) is 0 Å². The zero-order valence-electron chi connectivity index (χ0n) is 12.0. The number of nitrogens with zero attached hydrogens (tertiary/aromatic N) is 4. The Morgan fingerprint density at radius 2 is 2.05 bits per heavy atom. The van der Waals surface area contributed by atoms with Crippen LogP contribution in [0.1, 0.15) is 11.1 Å². The first-order valence-electron chi connectivity index (χ1n) is 6.76. The summed E-state index contributed by atoms with van der Waals surface area (Å²) in [5, 5.41) is 0. The van der Waals surface area contributed by atoms with E-state index >= 15 is 0 Å². The van der Waals surface area contributed by atoms with E-state index in [0.29, 0.717) is 36.6 Å². The third-order valence-corrected chi connectivity index (χ3v) is 3.61. The number of anilines is 2. The predicted molar refractivity (Wildman–Crippen MR) is 77.5 cm³/mol. The molecule has 110 valence electrons. The largest absolute Gasteiger partial charge is 0.363 e. The standard InChI is InChI=1S/C15H16F2N4/c1-20(2)14-3-5-18-15(19-14)21-6-4-12-10(9-21)7-11(16)8-13(12)17/h3,5,7-8H,4,6,9H2,1-2H3. The van der Waals surface area contributed by atoms with Gasteiger partial charge >= 0.3 is 0 Å². The molecule has 3 rings (SSSR count). The van der Waals surface area contributed by atoms with Crippen molar-refractivity contribution in [3.63, 3.8) is 0 Å². The maximum Gasteiger partial charge on any atom is 0.227 e. The molecule has 1 aromatic carbocycles. The average Bonchev–Trinajstić information content (AvgIpc) is 2.46. The lowest BCUT2D eigenvalue weighted by atomic mass is 9.99. The van der Waals surface area contributed by atoms with E-state index in [2.05, 4.69) is 9.97 Å². The van der Waals surface area contributed by atoms with E-state index in [1.807, 2.05) is 30.0 Å². The zero-order valence-corrected chi connectivity index (χ0v) is 12.0. The smallest absolute Gasteiger partial charge is 0.227 e. The van der Waals surface area contributed by atoms with E-state index in [0.717, 1.165) is 11.9 Å². The molecule has 4 nitrogen and oxygen atoms in total. The lowest BCUT2D eigenvalue weighted by molar-refractivity contribution is 0.554. The van der Waals surface area contributed by atoms with Crippen molar-refractivity contribution in [3.05, 3.63) is 47.2 Å². The summed E-state index contributed by atoms with van der Waals surface area (Å²) in [5.41, 5.74) is 1.26. The maximum atomic E-state index is 13.7. The summed E-state index contributed by atoms with van der Waals surface area (Å²) < 4.78 is 27.1. The van der Waals surface area contributed by atoms with Crippen molar-refractivity contribution in [1.82, 2.24) is 9.97 Å². The Bertz CT molecular complexity index is 673. The third-order valence-electron chi connectivity index (χ3n) is 3.61. The molecule has 0 fully saturated rings. The van der Waals surface area contributed by atoms with Crippen LogP contribution in [-0.2, 0) is 13.0 Å². The highest BCUT2D eigenvalue weighted by molar-refractivity contribution is 5.45. The third kappa shape index (κ3) is 2.66. The molecule has 0 saturated heterocycles. The molecule has 2 heterocycles. The number of halogens is 2. The minimum atomic E-state index is -0.545. The first-order valence-corrected chi connectivity index (χ1v) is 6.76. The Balaban J connectivity index is 1.91. The van der Waals surface area contributed by atoms with Crippen molar-refractivity contribution in [2.45, 2.75) is 13.0 Å². The summed E-state index contributed by atoms with van der Waals surface area (Å²) in [6.45, 7) is 1.04. The number of benzene rings is 1. The number of fused-ring (bicyclic) bond motifs is 1. The van der Waals surface area contributed by atoms with Gasteiger partial charge in [-0.25, -0.2) is 13.8 Å². The van der Waals surface area contributed by atoms with Gasteiger partial charge in [-0.15, -0.1) is 0 Å². The van der Waals surface area contributed by atoms with Crippen LogP contribution in [0.25, 0.3) is 0 Å². The fourth-order valence-electron chi connectivity index (χ4n) is 2.52. The Labute approximate surface area is 122 Å². The van der Waals surface area contributed by atoms with E-state index in [1.54, 1.807) is 6.20 Å². The first-order chi connectivity index (χ1) is 10.0. The second-order valence-electron chi connectivity index (χ2n) is 5.31. The van der Waals surface area contributed by atoms with E-state index in [1.165, 1.54) is 6.07 Å². The van der Waals surface area contributed by atoms with Gasteiger partial charge in [-0.05, 0) is 29.7 Å². The Kier molecular flexibility index (Phi) is 3.45. The molecule has 0 radical (unpaired) electrons. The molecule has 6 heteroatoms. The van der Waals surface area contributed by atoms with Gasteiger partial charge in [0.1, 0.15) is 17.5 Å². The predicted octanol–water partition coefficient (Wildman–Crippen LogP) is 2.38. The fourth-order valence-corrected chi connectivity index (χ4v) is 2.52. The van der Waals surface area contributed by atoms with Gasteiger partial charge in [-0.1, -0.05) is 0 Å². The molecule has 0 unspecified atom stereocenters. The van der Waals surface area contributed by atoms with Gasteiger partial charge in [0.25, 0.3) is 0 Å². The molecule has 0 spiro atoms. The van der Waals surface area contributed by atoms with Crippen LogP contribution in [0.4, 0.5) is 20.5 Å². The summed E-state index contributed by atoms with van der Waals surface area (Å²) in [6, 6.07) is 4.15. The molecule has 1 aliphatic heterocycles. The van der Waals surface area contributed by atoms with E-state index in [-0.39, 0.29) is 0 Å². The number of hydrogen-bond donors (Lipinski definition) is 0.